The zero-order chi connectivity index (χ0) is 18.5. The highest BCUT2D eigenvalue weighted by Crippen LogP contribution is 2.36. The van der Waals surface area contributed by atoms with Gasteiger partial charge in [-0.2, -0.15) is 0 Å². The molecule has 0 saturated heterocycles. The molecule has 1 aliphatic rings. The van der Waals surface area contributed by atoms with Gasteiger partial charge in [-0.25, -0.2) is 4.79 Å². The van der Waals surface area contributed by atoms with Gasteiger partial charge < -0.3 is 9.72 Å². The number of ketones is 1. The van der Waals surface area contributed by atoms with Gasteiger partial charge in [0.1, 0.15) is 5.69 Å². The predicted octanol–water partition coefficient (Wildman–Crippen LogP) is 5.42. The molecule has 0 unspecified atom stereocenters. The van der Waals surface area contributed by atoms with Crippen molar-refractivity contribution in [1.82, 2.24) is 4.98 Å². The number of hydrogen-bond donors (Lipinski definition) is 1. The minimum Gasteiger partial charge on any atom is -0.461 e. The lowest BCUT2D eigenvalue weighted by Crippen LogP contribution is -2.17. The maximum Gasteiger partial charge on any atom is 0.355 e. The fraction of sp³-hybridized carbons (Fsp3) is 0.524. The molecule has 1 atom stereocenters. The first-order chi connectivity index (χ1) is 12.6. The lowest BCUT2D eigenvalue weighted by molar-refractivity contribution is 0.0490. The molecule has 1 N–H and O–H groups in total. The van der Waals surface area contributed by atoms with Crippen LogP contribution >= 0.6 is 11.3 Å². The summed E-state index contributed by atoms with van der Waals surface area (Å²) in [5.74, 6) is -0.0135. The third-order valence-corrected chi connectivity index (χ3v) is 6.15. The average molecular weight is 374 g/mol. The van der Waals surface area contributed by atoms with Crippen LogP contribution in [0.2, 0.25) is 0 Å². The summed E-state index contributed by atoms with van der Waals surface area (Å²) in [4.78, 5) is 29.5. The van der Waals surface area contributed by atoms with E-state index in [1.54, 1.807) is 11.3 Å². The molecule has 3 rings (SSSR count). The van der Waals surface area contributed by atoms with Crippen LogP contribution in [0.25, 0.3) is 0 Å². The molecule has 5 heteroatoms. The van der Waals surface area contributed by atoms with Gasteiger partial charge >= 0.3 is 5.97 Å². The number of rotatable bonds is 8. The Labute approximate surface area is 159 Å². The SMILES string of the molecule is CCCCCCCOC(=O)c1[nH]c2c(c1C)C(=O)C[C@H](c1cccs1)C2. The van der Waals surface area contributed by atoms with Crippen molar-refractivity contribution in [2.75, 3.05) is 6.61 Å². The number of aromatic nitrogens is 1. The minimum absolute atomic E-state index is 0.122. The third-order valence-electron chi connectivity index (χ3n) is 5.12. The predicted molar refractivity (Wildman–Crippen MR) is 104 cm³/mol. The van der Waals surface area contributed by atoms with Gasteiger partial charge in [0.2, 0.25) is 0 Å². The van der Waals surface area contributed by atoms with E-state index in [9.17, 15) is 9.59 Å². The van der Waals surface area contributed by atoms with Crippen molar-refractivity contribution >= 4 is 23.1 Å². The third kappa shape index (κ3) is 4.09. The van der Waals surface area contributed by atoms with Crippen molar-refractivity contribution < 1.29 is 14.3 Å². The van der Waals surface area contributed by atoms with Gasteiger partial charge in [0.15, 0.2) is 5.78 Å². The standard InChI is InChI=1S/C21H27NO3S/c1-3-4-5-6-7-10-25-21(24)20-14(2)19-16(22-20)12-15(13-17(19)23)18-9-8-11-26-18/h8-9,11,15,22H,3-7,10,12-13H2,1-2H3/t15-/m1/s1. The highest BCUT2D eigenvalue weighted by atomic mass is 32.1. The molecule has 0 aliphatic heterocycles. The molecule has 2 heterocycles. The van der Waals surface area contributed by atoms with Crippen LogP contribution in [0.1, 0.15) is 88.3 Å². The van der Waals surface area contributed by atoms with E-state index in [-0.39, 0.29) is 17.7 Å². The van der Waals surface area contributed by atoms with Gasteiger partial charge in [-0.3, -0.25) is 4.79 Å². The van der Waals surface area contributed by atoms with Crippen LogP contribution in [0.4, 0.5) is 0 Å². The highest BCUT2D eigenvalue weighted by molar-refractivity contribution is 7.10. The number of hydrogen-bond acceptors (Lipinski definition) is 4. The molecule has 4 nitrogen and oxygen atoms in total. The summed E-state index contributed by atoms with van der Waals surface area (Å²) in [6.45, 7) is 4.47. The molecule has 2 aromatic heterocycles. The summed E-state index contributed by atoms with van der Waals surface area (Å²) < 4.78 is 5.42. The molecular formula is C21H27NO3S. The zero-order valence-electron chi connectivity index (χ0n) is 15.6. The Balaban J connectivity index is 1.65. The largest absolute Gasteiger partial charge is 0.461 e. The fourth-order valence-electron chi connectivity index (χ4n) is 3.70. The molecule has 0 saturated carbocycles. The normalized spacial score (nSPS) is 16.5. The second-order valence-electron chi connectivity index (χ2n) is 7.07. The van der Waals surface area contributed by atoms with Crippen LogP contribution in [0.5, 0.6) is 0 Å². The summed E-state index contributed by atoms with van der Waals surface area (Å²) >= 11 is 1.68. The number of Topliss-reactive ketones (excluding diaryl/α,β-unsaturated/α-hetero) is 1. The number of esters is 1. The maximum absolute atomic E-state index is 12.6. The average Bonchev–Trinajstić information content (AvgIpc) is 3.26. The number of carbonyl (C=O) groups excluding carboxylic acids is 2. The fourth-order valence-corrected chi connectivity index (χ4v) is 4.54. The number of unbranched alkanes of at least 4 members (excludes halogenated alkanes) is 4. The van der Waals surface area contributed by atoms with Crippen LogP contribution in [0.3, 0.4) is 0 Å². The molecular weight excluding hydrogens is 346 g/mol. The van der Waals surface area contributed by atoms with Crippen LogP contribution in [0.15, 0.2) is 17.5 Å². The van der Waals surface area contributed by atoms with Crippen molar-refractivity contribution in [3.63, 3.8) is 0 Å². The molecule has 0 amide bonds. The van der Waals surface area contributed by atoms with E-state index in [0.717, 1.165) is 30.5 Å². The number of thiophene rings is 1. The number of ether oxygens (including phenoxy) is 1. The number of aromatic amines is 1. The molecule has 0 bridgehead atoms. The number of carbonyl (C=O) groups is 2. The molecule has 2 aromatic rings. The van der Waals surface area contributed by atoms with Crippen LogP contribution in [0, 0.1) is 6.92 Å². The van der Waals surface area contributed by atoms with Crippen molar-refractivity contribution in [2.45, 2.75) is 64.7 Å². The van der Waals surface area contributed by atoms with Gasteiger partial charge in [-0.1, -0.05) is 38.7 Å². The summed E-state index contributed by atoms with van der Waals surface area (Å²) in [5, 5.41) is 2.04. The van der Waals surface area contributed by atoms with Crippen molar-refractivity contribution in [3.8, 4) is 0 Å². The lowest BCUT2D eigenvalue weighted by Gasteiger charge is -2.20. The zero-order valence-corrected chi connectivity index (χ0v) is 16.4. The summed E-state index contributed by atoms with van der Waals surface area (Å²) in [7, 11) is 0. The Bertz CT molecular complexity index is 761. The molecule has 1 aliphatic carbocycles. The Kier molecular flexibility index (Phi) is 6.30. The quantitative estimate of drug-likeness (QED) is 0.496. The number of nitrogens with one attached hydrogen (secondary N) is 1. The van der Waals surface area contributed by atoms with E-state index in [0.29, 0.717) is 24.3 Å². The van der Waals surface area contributed by atoms with E-state index in [2.05, 4.69) is 18.0 Å². The van der Waals surface area contributed by atoms with Gasteiger partial charge in [-0.05, 0) is 36.8 Å². The second kappa shape index (κ2) is 8.67. The molecule has 0 aromatic carbocycles. The molecule has 0 fully saturated rings. The van der Waals surface area contributed by atoms with Crippen LogP contribution in [-0.2, 0) is 11.2 Å². The van der Waals surface area contributed by atoms with Crippen LogP contribution in [-0.4, -0.2) is 23.3 Å². The van der Waals surface area contributed by atoms with Crippen molar-refractivity contribution in [3.05, 3.63) is 44.9 Å². The Morgan fingerprint density at radius 2 is 2.08 bits per heavy atom. The first-order valence-corrected chi connectivity index (χ1v) is 10.4. The lowest BCUT2D eigenvalue weighted by atomic mass is 9.84. The second-order valence-corrected chi connectivity index (χ2v) is 8.05. The first kappa shape index (κ1) is 18.9. The first-order valence-electron chi connectivity index (χ1n) is 9.57. The molecule has 0 radical (unpaired) electrons. The van der Waals surface area contributed by atoms with E-state index in [1.807, 2.05) is 18.4 Å². The topological polar surface area (TPSA) is 59.2 Å². The molecule has 0 spiro atoms. The van der Waals surface area contributed by atoms with Gasteiger partial charge in [0, 0.05) is 28.5 Å². The molecule has 26 heavy (non-hydrogen) atoms. The van der Waals surface area contributed by atoms with E-state index in [1.165, 1.54) is 24.1 Å². The van der Waals surface area contributed by atoms with Crippen molar-refractivity contribution in [2.24, 2.45) is 0 Å². The summed E-state index contributed by atoms with van der Waals surface area (Å²) in [6, 6.07) is 4.10. The van der Waals surface area contributed by atoms with E-state index < -0.39 is 0 Å². The van der Waals surface area contributed by atoms with E-state index in [4.69, 9.17) is 4.74 Å². The smallest absolute Gasteiger partial charge is 0.355 e. The number of H-pyrrole nitrogens is 1. The maximum atomic E-state index is 12.6. The van der Waals surface area contributed by atoms with Crippen LogP contribution < -0.4 is 0 Å². The summed E-state index contributed by atoms with van der Waals surface area (Å²) in [5.41, 5.74) is 2.77. The van der Waals surface area contributed by atoms with Crippen molar-refractivity contribution in [1.29, 1.82) is 0 Å². The van der Waals surface area contributed by atoms with Gasteiger partial charge in [0.25, 0.3) is 0 Å². The number of fused-ring (bicyclic) bond motifs is 1. The Morgan fingerprint density at radius 1 is 1.27 bits per heavy atom. The Hall–Kier alpha value is -1.88. The monoisotopic (exact) mass is 373 g/mol. The minimum atomic E-state index is -0.340. The highest BCUT2D eigenvalue weighted by Gasteiger charge is 2.32. The van der Waals surface area contributed by atoms with Gasteiger partial charge in [0.05, 0.1) is 6.61 Å². The summed E-state index contributed by atoms with van der Waals surface area (Å²) in [6.07, 6.45) is 6.87. The molecule has 140 valence electrons. The van der Waals surface area contributed by atoms with Gasteiger partial charge in [-0.15, -0.1) is 11.3 Å². The van der Waals surface area contributed by atoms with E-state index >= 15 is 0 Å². The Morgan fingerprint density at radius 3 is 2.81 bits per heavy atom.